The third-order valence-electron chi connectivity index (χ3n) is 2.90. The summed E-state index contributed by atoms with van der Waals surface area (Å²) < 4.78 is 0. The van der Waals surface area contributed by atoms with Crippen LogP contribution in [0.2, 0.25) is 0 Å². The fraction of sp³-hybridized carbons (Fsp3) is 0.500. The second-order valence-electron chi connectivity index (χ2n) is 3.91. The van der Waals surface area contributed by atoms with E-state index in [0.29, 0.717) is 0 Å². The Morgan fingerprint density at radius 2 is 1.93 bits per heavy atom. The number of benzene rings is 1. The number of fused-ring (bicyclic) bond motifs is 1. The molecule has 0 spiro atoms. The molecule has 1 aromatic rings. The summed E-state index contributed by atoms with van der Waals surface area (Å²) in [7, 11) is 0. The number of rotatable bonds is 2. The van der Waals surface area contributed by atoms with Crippen molar-refractivity contribution in [2.75, 3.05) is 5.88 Å². The summed E-state index contributed by atoms with van der Waals surface area (Å²) in [5, 5.41) is 9.60. The second kappa shape index (κ2) is 4.33. The number of aliphatic hydroxyl groups excluding tert-OH is 1. The van der Waals surface area contributed by atoms with Crippen LogP contribution in [0.1, 0.15) is 35.6 Å². The normalized spacial score (nSPS) is 17.6. The Kier molecular flexibility index (Phi) is 3.09. The summed E-state index contributed by atoms with van der Waals surface area (Å²) >= 11 is 5.62. The first-order valence-electron chi connectivity index (χ1n) is 5.17. The zero-order chi connectivity index (χ0) is 9.97. The maximum Gasteiger partial charge on any atom is 0.0925 e. The molecular formula is C12H15ClO. The highest BCUT2D eigenvalue weighted by atomic mass is 35.5. The molecule has 0 bridgehead atoms. The minimum Gasteiger partial charge on any atom is -0.387 e. The number of hydrogen-bond acceptors (Lipinski definition) is 1. The molecule has 0 saturated carbocycles. The molecule has 2 heteroatoms. The van der Waals surface area contributed by atoms with Crippen LogP contribution in [-0.2, 0) is 12.8 Å². The standard InChI is InChI=1S/C12H15ClO/c13-8-12(14)11-6-5-9-3-1-2-4-10(9)7-11/h5-7,12,14H,1-4,8H2/t12-/m0/s1. The van der Waals surface area contributed by atoms with Gasteiger partial charge < -0.3 is 5.11 Å². The highest BCUT2D eigenvalue weighted by Gasteiger charge is 2.12. The van der Waals surface area contributed by atoms with Gasteiger partial charge in [-0.3, -0.25) is 0 Å². The van der Waals surface area contributed by atoms with Crippen LogP contribution in [0.3, 0.4) is 0 Å². The van der Waals surface area contributed by atoms with Crippen molar-refractivity contribution in [1.29, 1.82) is 0 Å². The number of alkyl halides is 1. The van der Waals surface area contributed by atoms with Crippen LogP contribution in [-0.4, -0.2) is 11.0 Å². The summed E-state index contributed by atoms with van der Waals surface area (Å²) in [5.74, 6) is 0.277. The van der Waals surface area contributed by atoms with Crippen LogP contribution in [0.25, 0.3) is 0 Å². The topological polar surface area (TPSA) is 20.2 Å². The lowest BCUT2D eigenvalue weighted by Crippen LogP contribution is -2.05. The summed E-state index contributed by atoms with van der Waals surface area (Å²) in [6.45, 7) is 0. The Morgan fingerprint density at radius 3 is 2.64 bits per heavy atom. The number of halogens is 1. The van der Waals surface area contributed by atoms with E-state index >= 15 is 0 Å². The molecule has 0 aromatic heterocycles. The zero-order valence-corrected chi connectivity index (χ0v) is 8.93. The van der Waals surface area contributed by atoms with Crippen molar-refractivity contribution < 1.29 is 5.11 Å². The minimum absolute atomic E-state index is 0.277. The van der Waals surface area contributed by atoms with Crippen molar-refractivity contribution in [1.82, 2.24) is 0 Å². The van der Waals surface area contributed by atoms with E-state index in [2.05, 4.69) is 12.1 Å². The minimum atomic E-state index is -0.510. The molecule has 0 heterocycles. The lowest BCUT2D eigenvalue weighted by molar-refractivity contribution is 0.202. The van der Waals surface area contributed by atoms with Crippen molar-refractivity contribution in [3.63, 3.8) is 0 Å². The predicted octanol–water partition coefficient (Wildman–Crippen LogP) is 2.84. The van der Waals surface area contributed by atoms with Crippen LogP contribution in [0.4, 0.5) is 0 Å². The molecule has 76 valence electrons. The van der Waals surface area contributed by atoms with Crippen molar-refractivity contribution >= 4 is 11.6 Å². The fourth-order valence-electron chi connectivity index (χ4n) is 2.05. The van der Waals surface area contributed by atoms with Crippen LogP contribution in [0.5, 0.6) is 0 Å². The lowest BCUT2D eigenvalue weighted by Gasteiger charge is -2.17. The van der Waals surface area contributed by atoms with E-state index in [0.717, 1.165) is 12.0 Å². The zero-order valence-electron chi connectivity index (χ0n) is 8.17. The van der Waals surface area contributed by atoms with Crippen LogP contribution in [0.15, 0.2) is 18.2 Å². The number of hydrogen-bond donors (Lipinski definition) is 1. The molecule has 1 N–H and O–H groups in total. The maximum atomic E-state index is 9.60. The molecule has 1 aromatic carbocycles. The third-order valence-corrected chi connectivity index (χ3v) is 3.20. The van der Waals surface area contributed by atoms with Gasteiger partial charge in [0.15, 0.2) is 0 Å². The first kappa shape index (κ1) is 10.0. The van der Waals surface area contributed by atoms with E-state index < -0.39 is 6.10 Å². The Morgan fingerprint density at radius 1 is 1.21 bits per heavy atom. The molecule has 0 saturated heterocycles. The quantitative estimate of drug-likeness (QED) is 0.745. The van der Waals surface area contributed by atoms with Crippen molar-refractivity contribution in [3.8, 4) is 0 Å². The molecular weight excluding hydrogens is 196 g/mol. The Hall–Kier alpha value is -0.530. The van der Waals surface area contributed by atoms with Crippen molar-refractivity contribution in [2.24, 2.45) is 0 Å². The maximum absolute atomic E-state index is 9.60. The summed E-state index contributed by atoms with van der Waals surface area (Å²) in [6, 6.07) is 6.25. The summed E-state index contributed by atoms with van der Waals surface area (Å²) in [4.78, 5) is 0. The predicted molar refractivity (Wildman–Crippen MR) is 58.8 cm³/mol. The van der Waals surface area contributed by atoms with Gasteiger partial charge in [-0.15, -0.1) is 11.6 Å². The van der Waals surface area contributed by atoms with E-state index in [9.17, 15) is 5.11 Å². The molecule has 2 rings (SSSR count). The fourth-order valence-corrected chi connectivity index (χ4v) is 2.23. The van der Waals surface area contributed by atoms with Gasteiger partial charge in [0.1, 0.15) is 0 Å². The average Bonchev–Trinajstić information content (AvgIpc) is 2.27. The molecule has 0 aliphatic heterocycles. The van der Waals surface area contributed by atoms with Crippen LogP contribution < -0.4 is 0 Å². The van der Waals surface area contributed by atoms with Gasteiger partial charge in [-0.2, -0.15) is 0 Å². The van der Waals surface area contributed by atoms with Gasteiger partial charge >= 0.3 is 0 Å². The van der Waals surface area contributed by atoms with Gasteiger partial charge in [0.2, 0.25) is 0 Å². The largest absolute Gasteiger partial charge is 0.387 e. The molecule has 1 aliphatic carbocycles. The van der Waals surface area contributed by atoms with Gasteiger partial charge in [-0.25, -0.2) is 0 Å². The van der Waals surface area contributed by atoms with E-state index in [1.54, 1.807) is 0 Å². The summed E-state index contributed by atoms with van der Waals surface area (Å²) in [5.41, 5.74) is 3.81. The van der Waals surface area contributed by atoms with E-state index in [-0.39, 0.29) is 5.88 Å². The Labute approximate surface area is 89.7 Å². The molecule has 1 atom stereocenters. The van der Waals surface area contributed by atoms with E-state index in [4.69, 9.17) is 11.6 Å². The Balaban J connectivity index is 2.29. The van der Waals surface area contributed by atoms with Crippen LogP contribution >= 0.6 is 11.6 Å². The molecule has 0 unspecified atom stereocenters. The highest BCUT2D eigenvalue weighted by molar-refractivity contribution is 6.18. The molecule has 0 amide bonds. The molecule has 0 radical (unpaired) electrons. The highest BCUT2D eigenvalue weighted by Crippen LogP contribution is 2.25. The van der Waals surface area contributed by atoms with E-state index in [1.165, 1.54) is 30.4 Å². The van der Waals surface area contributed by atoms with Gasteiger partial charge in [0.25, 0.3) is 0 Å². The van der Waals surface area contributed by atoms with Gasteiger partial charge in [0, 0.05) is 0 Å². The monoisotopic (exact) mass is 210 g/mol. The smallest absolute Gasteiger partial charge is 0.0925 e. The second-order valence-corrected chi connectivity index (χ2v) is 4.21. The first-order valence-corrected chi connectivity index (χ1v) is 5.70. The first-order chi connectivity index (χ1) is 6.81. The molecule has 1 nitrogen and oxygen atoms in total. The summed E-state index contributed by atoms with van der Waals surface area (Å²) in [6.07, 6.45) is 4.40. The molecule has 14 heavy (non-hydrogen) atoms. The lowest BCUT2D eigenvalue weighted by atomic mass is 9.90. The molecule has 0 fully saturated rings. The van der Waals surface area contributed by atoms with Crippen molar-refractivity contribution in [3.05, 3.63) is 34.9 Å². The number of aliphatic hydroxyl groups is 1. The number of aryl methyl sites for hydroxylation is 2. The average molecular weight is 211 g/mol. The molecule has 1 aliphatic rings. The van der Waals surface area contributed by atoms with Gasteiger partial charge in [-0.1, -0.05) is 18.2 Å². The van der Waals surface area contributed by atoms with Gasteiger partial charge in [0.05, 0.1) is 12.0 Å². The van der Waals surface area contributed by atoms with Crippen LogP contribution in [0, 0.1) is 0 Å². The third kappa shape index (κ3) is 1.94. The SMILES string of the molecule is O[C@@H](CCl)c1ccc2c(c1)CCCC2. The van der Waals surface area contributed by atoms with Crippen molar-refractivity contribution in [2.45, 2.75) is 31.8 Å². The van der Waals surface area contributed by atoms with E-state index in [1.807, 2.05) is 6.07 Å². The van der Waals surface area contributed by atoms with Gasteiger partial charge in [-0.05, 0) is 42.4 Å². The Bertz CT molecular complexity index is 322.